The first-order valence-corrected chi connectivity index (χ1v) is 4.65. The molecular formula is C10H14NOS. The van der Waals surface area contributed by atoms with Crippen molar-refractivity contribution in [1.29, 1.82) is 0 Å². The molecule has 0 fully saturated rings. The Morgan fingerprint density at radius 1 is 1.46 bits per heavy atom. The summed E-state index contributed by atoms with van der Waals surface area (Å²) in [6.07, 6.45) is 0. The van der Waals surface area contributed by atoms with Gasteiger partial charge in [0.2, 0.25) is 0 Å². The van der Waals surface area contributed by atoms with E-state index in [9.17, 15) is 0 Å². The highest BCUT2D eigenvalue weighted by atomic mass is 32.1. The molecule has 0 amide bonds. The van der Waals surface area contributed by atoms with Gasteiger partial charge in [-0.1, -0.05) is 12.1 Å². The van der Waals surface area contributed by atoms with Crippen molar-refractivity contribution in [3.05, 3.63) is 30.3 Å². The Kier molecular flexibility index (Phi) is 4.12. The molecule has 1 aromatic rings. The molecule has 1 rings (SSSR count). The van der Waals surface area contributed by atoms with Gasteiger partial charge in [0.1, 0.15) is 5.75 Å². The Bertz CT molecular complexity index is 238. The van der Waals surface area contributed by atoms with E-state index in [0.717, 1.165) is 12.3 Å². The largest absolute Gasteiger partial charge is 0.479 e. The molecule has 0 saturated heterocycles. The molecular weight excluding hydrogens is 182 g/mol. The van der Waals surface area contributed by atoms with Gasteiger partial charge in [0.05, 0.1) is 0 Å². The third-order valence-electron chi connectivity index (χ3n) is 1.48. The fourth-order valence-corrected chi connectivity index (χ4v) is 1.41. The van der Waals surface area contributed by atoms with E-state index in [4.69, 9.17) is 4.74 Å². The molecule has 0 spiro atoms. The van der Waals surface area contributed by atoms with Crippen molar-refractivity contribution < 1.29 is 4.74 Å². The lowest BCUT2D eigenvalue weighted by Gasteiger charge is -2.17. The summed E-state index contributed by atoms with van der Waals surface area (Å²) < 4.78 is 5.53. The molecule has 3 heteroatoms. The van der Waals surface area contributed by atoms with E-state index in [2.05, 4.69) is 18.7 Å². The van der Waals surface area contributed by atoms with Crippen LogP contribution in [0.2, 0.25) is 0 Å². The van der Waals surface area contributed by atoms with E-state index in [-0.39, 0.29) is 5.44 Å². The maximum absolute atomic E-state index is 5.53. The zero-order chi connectivity index (χ0) is 9.68. The molecule has 0 heterocycles. The average Bonchev–Trinajstić information content (AvgIpc) is 2.04. The van der Waals surface area contributed by atoms with Gasteiger partial charge in [-0.3, -0.25) is 0 Å². The number of benzene rings is 1. The molecule has 0 saturated carbocycles. The molecule has 1 atom stereocenters. The zero-order valence-corrected chi connectivity index (χ0v) is 8.79. The lowest BCUT2D eigenvalue weighted by molar-refractivity contribution is 0.235. The highest BCUT2D eigenvalue weighted by Crippen LogP contribution is 2.12. The molecule has 0 aromatic heterocycles. The van der Waals surface area contributed by atoms with Crippen LogP contribution in [0, 0.1) is 6.07 Å². The van der Waals surface area contributed by atoms with Crippen molar-refractivity contribution in [2.75, 3.05) is 20.6 Å². The molecule has 71 valence electrons. The van der Waals surface area contributed by atoms with Gasteiger partial charge >= 0.3 is 0 Å². The van der Waals surface area contributed by atoms with Crippen LogP contribution in [0.5, 0.6) is 5.75 Å². The summed E-state index contributed by atoms with van der Waals surface area (Å²) in [5.41, 5.74) is -0.0857. The molecule has 1 unspecified atom stereocenters. The summed E-state index contributed by atoms with van der Waals surface area (Å²) in [4.78, 5) is 2.03. The lowest BCUT2D eigenvalue weighted by Crippen LogP contribution is -2.26. The van der Waals surface area contributed by atoms with Crippen LogP contribution in [0.3, 0.4) is 0 Å². The fraction of sp³-hybridized carbons (Fsp3) is 0.400. The molecule has 0 N–H and O–H groups in total. The molecule has 0 aliphatic rings. The third-order valence-corrected chi connectivity index (χ3v) is 1.75. The van der Waals surface area contributed by atoms with Gasteiger partial charge in [-0.25, -0.2) is 0 Å². The summed E-state index contributed by atoms with van der Waals surface area (Å²) in [7, 11) is 3.98. The monoisotopic (exact) mass is 196 g/mol. The van der Waals surface area contributed by atoms with Crippen LogP contribution in [0.25, 0.3) is 0 Å². The SMILES string of the molecule is CN(C)CC(S)Oc1cc[c]cc1. The number of thiol groups is 1. The summed E-state index contributed by atoms with van der Waals surface area (Å²) in [5.74, 6) is 0.834. The number of nitrogens with zero attached hydrogens (tertiary/aromatic N) is 1. The smallest absolute Gasteiger partial charge is 0.154 e. The number of rotatable bonds is 4. The second-order valence-corrected chi connectivity index (χ2v) is 3.65. The van der Waals surface area contributed by atoms with E-state index < -0.39 is 0 Å². The van der Waals surface area contributed by atoms with Crippen LogP contribution in [-0.4, -0.2) is 31.0 Å². The number of ether oxygens (including phenoxy) is 1. The van der Waals surface area contributed by atoms with Gasteiger partial charge in [0.25, 0.3) is 0 Å². The Morgan fingerprint density at radius 3 is 2.62 bits per heavy atom. The van der Waals surface area contributed by atoms with Crippen LogP contribution in [0.4, 0.5) is 0 Å². The molecule has 2 nitrogen and oxygen atoms in total. The maximum Gasteiger partial charge on any atom is 0.154 e. The van der Waals surface area contributed by atoms with Crippen LogP contribution < -0.4 is 4.74 Å². The highest BCUT2D eigenvalue weighted by molar-refractivity contribution is 7.80. The van der Waals surface area contributed by atoms with Crippen LogP contribution in [0.1, 0.15) is 0 Å². The van der Waals surface area contributed by atoms with Crippen molar-refractivity contribution in [1.82, 2.24) is 4.90 Å². The molecule has 1 aromatic carbocycles. The minimum atomic E-state index is -0.0857. The van der Waals surface area contributed by atoms with Crippen molar-refractivity contribution in [2.45, 2.75) is 5.44 Å². The van der Waals surface area contributed by atoms with Crippen molar-refractivity contribution in [2.24, 2.45) is 0 Å². The van der Waals surface area contributed by atoms with Gasteiger partial charge in [0.15, 0.2) is 5.44 Å². The minimum absolute atomic E-state index is 0.0857. The van der Waals surface area contributed by atoms with E-state index >= 15 is 0 Å². The summed E-state index contributed by atoms with van der Waals surface area (Å²) in [6.45, 7) is 0.793. The van der Waals surface area contributed by atoms with Gasteiger partial charge in [0, 0.05) is 6.54 Å². The van der Waals surface area contributed by atoms with Gasteiger partial charge < -0.3 is 9.64 Å². The quantitative estimate of drug-likeness (QED) is 0.581. The number of hydrogen-bond donors (Lipinski definition) is 1. The molecule has 0 aliphatic heterocycles. The summed E-state index contributed by atoms with van der Waals surface area (Å²) in [6, 6.07) is 10.3. The standard InChI is InChI=1S/C10H14NOS/c1-11(2)8-10(13)12-9-6-4-3-5-7-9/h4-7,10,13H,8H2,1-2H3. The Labute approximate surface area is 84.9 Å². The number of hydrogen-bond acceptors (Lipinski definition) is 3. The minimum Gasteiger partial charge on any atom is -0.479 e. The fourth-order valence-electron chi connectivity index (χ4n) is 0.957. The molecule has 1 radical (unpaired) electrons. The van der Waals surface area contributed by atoms with Gasteiger partial charge in [-0.05, 0) is 32.3 Å². The molecule has 13 heavy (non-hydrogen) atoms. The van der Waals surface area contributed by atoms with E-state index in [1.807, 2.05) is 43.3 Å². The highest BCUT2D eigenvalue weighted by Gasteiger charge is 2.04. The predicted octanol–water partition coefficient (Wildman–Crippen LogP) is 1.68. The Morgan fingerprint density at radius 2 is 2.08 bits per heavy atom. The normalized spacial score (nSPS) is 12.9. The van der Waals surface area contributed by atoms with Gasteiger partial charge in [-0.2, -0.15) is 0 Å². The van der Waals surface area contributed by atoms with Crippen LogP contribution in [-0.2, 0) is 0 Å². The van der Waals surface area contributed by atoms with Crippen LogP contribution in [0.15, 0.2) is 24.3 Å². The second kappa shape index (κ2) is 5.14. The summed E-state index contributed by atoms with van der Waals surface area (Å²) in [5, 5.41) is 0. The van der Waals surface area contributed by atoms with E-state index in [1.54, 1.807) is 0 Å². The van der Waals surface area contributed by atoms with Crippen molar-refractivity contribution in [3.63, 3.8) is 0 Å². The third kappa shape index (κ3) is 4.20. The summed E-state index contributed by atoms with van der Waals surface area (Å²) >= 11 is 4.31. The van der Waals surface area contributed by atoms with Crippen molar-refractivity contribution in [3.8, 4) is 5.75 Å². The zero-order valence-electron chi connectivity index (χ0n) is 7.90. The first kappa shape index (κ1) is 10.4. The first-order chi connectivity index (χ1) is 6.18. The van der Waals surface area contributed by atoms with E-state index in [0.29, 0.717) is 0 Å². The van der Waals surface area contributed by atoms with Crippen LogP contribution >= 0.6 is 12.6 Å². The average molecular weight is 196 g/mol. The Hall–Kier alpha value is -0.670. The number of likely N-dealkylation sites (N-methyl/N-ethyl adjacent to an activating group) is 1. The topological polar surface area (TPSA) is 12.5 Å². The maximum atomic E-state index is 5.53. The second-order valence-electron chi connectivity index (χ2n) is 3.07. The van der Waals surface area contributed by atoms with Gasteiger partial charge in [-0.15, -0.1) is 12.6 Å². The Balaban J connectivity index is 2.41. The molecule has 0 aliphatic carbocycles. The lowest BCUT2D eigenvalue weighted by atomic mass is 10.3. The molecule has 0 bridgehead atoms. The first-order valence-electron chi connectivity index (χ1n) is 4.14. The predicted molar refractivity (Wildman–Crippen MR) is 57.2 cm³/mol. The van der Waals surface area contributed by atoms with E-state index in [1.165, 1.54) is 0 Å². The van der Waals surface area contributed by atoms with Crippen molar-refractivity contribution >= 4 is 12.6 Å².